The molecule has 1 heterocycles. The minimum atomic E-state index is 1.21. The second-order valence-corrected chi connectivity index (χ2v) is 2.08. The molecule has 0 aromatic heterocycles. The van der Waals surface area contributed by atoms with Crippen molar-refractivity contribution in [2.75, 3.05) is 13.1 Å². The van der Waals surface area contributed by atoms with Crippen LogP contribution in [0.15, 0.2) is 12.3 Å². The van der Waals surface area contributed by atoms with Gasteiger partial charge in [0.25, 0.3) is 0 Å². The highest BCUT2D eigenvalue weighted by atomic mass is 15.2. The van der Waals surface area contributed by atoms with E-state index >= 15 is 0 Å². The molecule has 0 amide bonds. The third-order valence-electron chi connectivity index (χ3n) is 1.40. The quantitative estimate of drug-likeness (QED) is 0.475. The molecule has 1 nitrogen and oxygen atoms in total. The van der Waals surface area contributed by atoms with Gasteiger partial charge in [-0.2, -0.15) is 0 Å². The fraction of sp³-hybridized carbons (Fsp3) is 0.667. The summed E-state index contributed by atoms with van der Waals surface area (Å²) in [7, 11) is 0. The summed E-state index contributed by atoms with van der Waals surface area (Å²) in [6.07, 6.45) is 1.35. The molecule has 0 saturated carbocycles. The molecule has 0 aliphatic carbocycles. The van der Waals surface area contributed by atoms with Gasteiger partial charge in [-0.25, -0.2) is 0 Å². The topological polar surface area (TPSA) is 3.24 Å². The SMILES string of the molecule is C=C(C)N1CCC1. The van der Waals surface area contributed by atoms with Crippen molar-refractivity contribution in [1.82, 2.24) is 4.90 Å². The molecule has 1 heteroatoms. The van der Waals surface area contributed by atoms with Gasteiger partial charge in [-0.15, -0.1) is 0 Å². The monoisotopic (exact) mass is 97.1 g/mol. The van der Waals surface area contributed by atoms with Crippen LogP contribution >= 0.6 is 0 Å². The van der Waals surface area contributed by atoms with Crippen LogP contribution in [-0.4, -0.2) is 18.0 Å². The minimum absolute atomic E-state index is 1.21. The fourth-order valence-electron chi connectivity index (χ4n) is 0.698. The van der Waals surface area contributed by atoms with Crippen LogP contribution in [0.3, 0.4) is 0 Å². The molecule has 1 rings (SSSR count). The van der Waals surface area contributed by atoms with Gasteiger partial charge >= 0.3 is 0 Å². The number of hydrogen-bond donors (Lipinski definition) is 0. The molecular weight excluding hydrogens is 86.1 g/mol. The number of rotatable bonds is 1. The molecule has 0 aromatic carbocycles. The standard InChI is InChI=1S/C6H11N/c1-6(2)7-4-3-5-7/h1,3-5H2,2H3. The first-order chi connectivity index (χ1) is 3.30. The zero-order valence-electron chi connectivity index (χ0n) is 4.78. The highest BCUT2D eigenvalue weighted by Crippen LogP contribution is 2.10. The Labute approximate surface area is 44.6 Å². The highest BCUT2D eigenvalue weighted by Gasteiger charge is 2.10. The maximum absolute atomic E-state index is 3.80. The van der Waals surface area contributed by atoms with Gasteiger partial charge in [-0.3, -0.25) is 0 Å². The molecule has 0 spiro atoms. The summed E-state index contributed by atoms with van der Waals surface area (Å²) in [6, 6.07) is 0. The van der Waals surface area contributed by atoms with Gasteiger partial charge in [-0.1, -0.05) is 6.58 Å². The second kappa shape index (κ2) is 1.57. The first kappa shape index (κ1) is 4.69. The number of likely N-dealkylation sites (tertiary alicyclic amines) is 1. The minimum Gasteiger partial charge on any atom is -0.375 e. The Bertz CT molecular complexity index is 82.2. The van der Waals surface area contributed by atoms with Gasteiger partial charge in [-0.05, 0) is 13.3 Å². The van der Waals surface area contributed by atoms with E-state index in [1.165, 1.54) is 25.2 Å². The smallest absolute Gasteiger partial charge is 0.0191 e. The molecule has 7 heavy (non-hydrogen) atoms. The average molecular weight is 97.2 g/mol. The highest BCUT2D eigenvalue weighted by molar-refractivity contribution is 4.92. The summed E-state index contributed by atoms with van der Waals surface area (Å²) in [5.74, 6) is 0. The molecule has 0 bridgehead atoms. The summed E-state index contributed by atoms with van der Waals surface area (Å²) in [5.41, 5.74) is 1.21. The Balaban J connectivity index is 2.27. The van der Waals surface area contributed by atoms with Crippen molar-refractivity contribution >= 4 is 0 Å². The third kappa shape index (κ3) is 0.763. The molecule has 0 N–H and O–H groups in total. The zero-order chi connectivity index (χ0) is 5.28. The maximum atomic E-state index is 3.80. The molecule has 1 aliphatic rings. The summed E-state index contributed by atoms with van der Waals surface area (Å²) in [6.45, 7) is 8.32. The lowest BCUT2D eigenvalue weighted by Crippen LogP contribution is -2.34. The summed E-state index contributed by atoms with van der Waals surface area (Å²) >= 11 is 0. The summed E-state index contributed by atoms with van der Waals surface area (Å²) in [5, 5.41) is 0. The Kier molecular flexibility index (Phi) is 1.05. The van der Waals surface area contributed by atoms with Crippen molar-refractivity contribution in [3.63, 3.8) is 0 Å². The van der Waals surface area contributed by atoms with E-state index < -0.39 is 0 Å². The van der Waals surface area contributed by atoms with Crippen molar-refractivity contribution in [1.29, 1.82) is 0 Å². The van der Waals surface area contributed by atoms with Gasteiger partial charge in [0.15, 0.2) is 0 Å². The van der Waals surface area contributed by atoms with Crippen LogP contribution in [0.25, 0.3) is 0 Å². The number of allylic oxidation sites excluding steroid dienone is 1. The van der Waals surface area contributed by atoms with Crippen molar-refractivity contribution < 1.29 is 0 Å². The molecule has 0 aromatic rings. The lowest BCUT2D eigenvalue weighted by atomic mass is 10.2. The van der Waals surface area contributed by atoms with Gasteiger partial charge in [0.05, 0.1) is 0 Å². The van der Waals surface area contributed by atoms with Crippen LogP contribution in [0.5, 0.6) is 0 Å². The molecule has 40 valence electrons. The summed E-state index contributed by atoms with van der Waals surface area (Å²) in [4.78, 5) is 2.28. The first-order valence-electron chi connectivity index (χ1n) is 2.71. The number of nitrogens with zero attached hydrogens (tertiary/aromatic N) is 1. The molecule has 1 fully saturated rings. The van der Waals surface area contributed by atoms with Crippen LogP contribution in [0.1, 0.15) is 13.3 Å². The van der Waals surface area contributed by atoms with Crippen LogP contribution in [0.2, 0.25) is 0 Å². The van der Waals surface area contributed by atoms with E-state index in [2.05, 4.69) is 18.4 Å². The van der Waals surface area contributed by atoms with E-state index in [0.717, 1.165) is 0 Å². The molecular formula is C6H11N. The van der Waals surface area contributed by atoms with E-state index in [1.54, 1.807) is 0 Å². The lowest BCUT2D eigenvalue weighted by molar-refractivity contribution is 0.240. The molecule has 0 unspecified atom stereocenters. The zero-order valence-corrected chi connectivity index (χ0v) is 4.78. The molecule has 0 atom stereocenters. The van der Waals surface area contributed by atoms with Gasteiger partial charge in [0, 0.05) is 18.8 Å². The number of hydrogen-bond acceptors (Lipinski definition) is 1. The predicted molar refractivity (Wildman–Crippen MR) is 31.0 cm³/mol. The Morgan fingerprint density at radius 1 is 1.57 bits per heavy atom. The van der Waals surface area contributed by atoms with Crippen molar-refractivity contribution in [2.45, 2.75) is 13.3 Å². The van der Waals surface area contributed by atoms with E-state index in [-0.39, 0.29) is 0 Å². The average Bonchev–Trinajstić information content (AvgIpc) is 1.23. The van der Waals surface area contributed by atoms with Gasteiger partial charge < -0.3 is 4.90 Å². The molecule has 1 aliphatic heterocycles. The van der Waals surface area contributed by atoms with Gasteiger partial charge in [0.2, 0.25) is 0 Å². The first-order valence-corrected chi connectivity index (χ1v) is 2.71. The molecule has 1 saturated heterocycles. The largest absolute Gasteiger partial charge is 0.375 e. The van der Waals surface area contributed by atoms with Crippen molar-refractivity contribution in [3.05, 3.63) is 12.3 Å². The maximum Gasteiger partial charge on any atom is 0.0191 e. The van der Waals surface area contributed by atoms with E-state index in [0.29, 0.717) is 0 Å². The van der Waals surface area contributed by atoms with Gasteiger partial charge in [0.1, 0.15) is 0 Å². The Morgan fingerprint density at radius 2 is 2.14 bits per heavy atom. The van der Waals surface area contributed by atoms with E-state index in [1.807, 2.05) is 0 Å². The normalized spacial score (nSPS) is 18.7. The molecule has 0 radical (unpaired) electrons. The van der Waals surface area contributed by atoms with Crippen LogP contribution in [-0.2, 0) is 0 Å². The third-order valence-corrected chi connectivity index (χ3v) is 1.40. The second-order valence-electron chi connectivity index (χ2n) is 2.08. The van der Waals surface area contributed by atoms with E-state index in [9.17, 15) is 0 Å². The predicted octanol–water partition coefficient (Wildman–Crippen LogP) is 1.23. The van der Waals surface area contributed by atoms with Crippen LogP contribution in [0.4, 0.5) is 0 Å². The van der Waals surface area contributed by atoms with Crippen molar-refractivity contribution in [3.8, 4) is 0 Å². The van der Waals surface area contributed by atoms with Crippen LogP contribution < -0.4 is 0 Å². The fourth-order valence-corrected chi connectivity index (χ4v) is 0.698. The van der Waals surface area contributed by atoms with Crippen molar-refractivity contribution in [2.24, 2.45) is 0 Å². The Hall–Kier alpha value is -0.460. The lowest BCUT2D eigenvalue weighted by Gasteiger charge is -2.32. The summed E-state index contributed by atoms with van der Waals surface area (Å²) < 4.78 is 0. The van der Waals surface area contributed by atoms with Crippen LogP contribution in [0, 0.1) is 0 Å². The Morgan fingerprint density at radius 3 is 2.14 bits per heavy atom. The van der Waals surface area contributed by atoms with E-state index in [4.69, 9.17) is 0 Å².